The number of carbonyl (C=O) groups is 3. The van der Waals surface area contributed by atoms with E-state index in [0.29, 0.717) is 0 Å². The van der Waals surface area contributed by atoms with Crippen LogP contribution < -0.4 is 5.32 Å². The zero-order chi connectivity index (χ0) is 20.4. The Kier molecular flexibility index (Phi) is 8.72. The summed E-state index contributed by atoms with van der Waals surface area (Å²) in [6.45, 7) is 3.44. The van der Waals surface area contributed by atoms with Gasteiger partial charge >= 0.3 is 11.9 Å². The van der Waals surface area contributed by atoms with Crippen LogP contribution in [-0.4, -0.2) is 30.6 Å². The lowest BCUT2D eigenvalue weighted by Crippen LogP contribution is -2.37. The molecular weight excluding hydrogens is 358 g/mol. The molecule has 0 aliphatic heterocycles. The molecule has 2 rings (SSSR count). The van der Waals surface area contributed by atoms with Crippen molar-refractivity contribution in [2.45, 2.75) is 58.1 Å². The lowest BCUT2D eigenvalue weighted by molar-refractivity contribution is -0.143. The molecule has 1 fully saturated rings. The fourth-order valence-corrected chi connectivity index (χ4v) is 3.18. The van der Waals surface area contributed by atoms with E-state index in [0.717, 1.165) is 43.4 Å². The molecule has 1 aliphatic carbocycles. The SMILES string of the molecule is CC(C)OC(=O)/C=C/C(=O)OC[C@H](NC(=O)C1CCCCC1)c1ccccc1. The summed E-state index contributed by atoms with van der Waals surface area (Å²) < 4.78 is 10.2. The minimum atomic E-state index is -0.659. The molecule has 28 heavy (non-hydrogen) atoms. The van der Waals surface area contributed by atoms with Gasteiger partial charge in [0.15, 0.2) is 0 Å². The number of esters is 2. The van der Waals surface area contributed by atoms with Crippen LogP contribution >= 0.6 is 0 Å². The summed E-state index contributed by atoms with van der Waals surface area (Å²) in [5, 5.41) is 3.02. The number of benzene rings is 1. The van der Waals surface area contributed by atoms with Crippen LogP contribution in [0.5, 0.6) is 0 Å². The van der Waals surface area contributed by atoms with Gasteiger partial charge < -0.3 is 14.8 Å². The second-order valence-electron chi connectivity index (χ2n) is 7.26. The predicted molar refractivity (Wildman–Crippen MR) is 105 cm³/mol. The fraction of sp³-hybridized carbons (Fsp3) is 0.500. The smallest absolute Gasteiger partial charge is 0.331 e. The van der Waals surface area contributed by atoms with Crippen LogP contribution in [0.15, 0.2) is 42.5 Å². The molecule has 6 heteroatoms. The molecule has 0 radical (unpaired) electrons. The van der Waals surface area contributed by atoms with Crippen LogP contribution in [-0.2, 0) is 23.9 Å². The van der Waals surface area contributed by atoms with Gasteiger partial charge in [-0.3, -0.25) is 4.79 Å². The Morgan fingerprint density at radius 1 is 1.04 bits per heavy atom. The van der Waals surface area contributed by atoms with Crippen LogP contribution in [0, 0.1) is 5.92 Å². The fourth-order valence-electron chi connectivity index (χ4n) is 3.18. The number of hydrogen-bond donors (Lipinski definition) is 1. The van der Waals surface area contributed by atoms with Gasteiger partial charge in [-0.2, -0.15) is 0 Å². The third-order valence-electron chi connectivity index (χ3n) is 4.59. The van der Waals surface area contributed by atoms with Crippen molar-refractivity contribution >= 4 is 17.8 Å². The van der Waals surface area contributed by atoms with Gasteiger partial charge in [-0.05, 0) is 32.3 Å². The molecule has 0 unspecified atom stereocenters. The monoisotopic (exact) mass is 387 g/mol. The molecule has 1 saturated carbocycles. The molecule has 0 saturated heterocycles. The zero-order valence-corrected chi connectivity index (χ0v) is 16.6. The summed E-state index contributed by atoms with van der Waals surface area (Å²) in [6.07, 6.45) is 6.93. The van der Waals surface area contributed by atoms with Gasteiger partial charge in [0.25, 0.3) is 0 Å². The van der Waals surface area contributed by atoms with Crippen molar-refractivity contribution in [3.8, 4) is 0 Å². The highest BCUT2D eigenvalue weighted by Crippen LogP contribution is 2.25. The summed E-state index contributed by atoms with van der Waals surface area (Å²) in [7, 11) is 0. The van der Waals surface area contributed by atoms with Crippen molar-refractivity contribution in [3.05, 3.63) is 48.0 Å². The highest BCUT2D eigenvalue weighted by atomic mass is 16.5. The highest BCUT2D eigenvalue weighted by molar-refractivity contribution is 5.91. The average molecular weight is 387 g/mol. The van der Waals surface area contributed by atoms with Crippen LogP contribution in [0.1, 0.15) is 57.6 Å². The van der Waals surface area contributed by atoms with Crippen molar-refractivity contribution in [1.29, 1.82) is 0 Å². The first-order chi connectivity index (χ1) is 13.5. The van der Waals surface area contributed by atoms with Crippen LogP contribution in [0.25, 0.3) is 0 Å². The lowest BCUT2D eigenvalue weighted by Gasteiger charge is -2.25. The van der Waals surface area contributed by atoms with Gasteiger partial charge in [0.2, 0.25) is 5.91 Å². The second kappa shape index (κ2) is 11.3. The first kappa shape index (κ1) is 21.7. The van der Waals surface area contributed by atoms with E-state index in [1.165, 1.54) is 6.42 Å². The molecule has 0 heterocycles. The lowest BCUT2D eigenvalue weighted by atomic mass is 9.88. The second-order valence-corrected chi connectivity index (χ2v) is 7.26. The minimum absolute atomic E-state index is 0.000607. The number of hydrogen-bond acceptors (Lipinski definition) is 5. The van der Waals surface area contributed by atoms with Gasteiger partial charge in [0.1, 0.15) is 6.61 Å². The Labute approximate surface area is 166 Å². The van der Waals surface area contributed by atoms with Gasteiger partial charge in [-0.15, -0.1) is 0 Å². The average Bonchev–Trinajstić information content (AvgIpc) is 2.70. The maximum Gasteiger partial charge on any atom is 0.331 e. The Morgan fingerprint density at radius 2 is 1.68 bits per heavy atom. The quantitative estimate of drug-likeness (QED) is 0.546. The Hall–Kier alpha value is -2.63. The summed E-state index contributed by atoms with van der Waals surface area (Å²) in [4.78, 5) is 36.0. The third kappa shape index (κ3) is 7.55. The molecule has 0 spiro atoms. The van der Waals surface area contributed by atoms with E-state index in [1.807, 2.05) is 30.3 Å². The maximum absolute atomic E-state index is 12.6. The highest BCUT2D eigenvalue weighted by Gasteiger charge is 2.24. The Bertz CT molecular complexity index is 677. The van der Waals surface area contributed by atoms with Gasteiger partial charge in [-0.1, -0.05) is 49.6 Å². The van der Waals surface area contributed by atoms with E-state index >= 15 is 0 Å². The van der Waals surface area contributed by atoms with Gasteiger partial charge in [0.05, 0.1) is 12.1 Å². The number of ether oxygens (including phenoxy) is 2. The Balaban J connectivity index is 1.94. The van der Waals surface area contributed by atoms with Crippen LogP contribution in [0.3, 0.4) is 0 Å². The summed E-state index contributed by atoms with van der Waals surface area (Å²) >= 11 is 0. The number of rotatable bonds is 8. The zero-order valence-electron chi connectivity index (χ0n) is 16.6. The standard InChI is InChI=1S/C22H29NO5/c1-16(2)28-21(25)14-13-20(24)27-15-19(17-9-5-3-6-10-17)23-22(26)18-11-7-4-8-12-18/h3,5-6,9-10,13-14,16,18-19H,4,7-8,11-12,15H2,1-2H3,(H,23,26)/b14-13+/t19-/m0/s1. The first-order valence-corrected chi connectivity index (χ1v) is 9.86. The molecule has 1 N–H and O–H groups in total. The number of amides is 1. The molecule has 0 bridgehead atoms. The first-order valence-electron chi connectivity index (χ1n) is 9.86. The van der Waals surface area contributed by atoms with E-state index in [4.69, 9.17) is 9.47 Å². The minimum Gasteiger partial charge on any atom is -0.460 e. The molecule has 1 amide bonds. The van der Waals surface area contributed by atoms with E-state index in [9.17, 15) is 14.4 Å². The maximum atomic E-state index is 12.6. The van der Waals surface area contributed by atoms with E-state index in [-0.39, 0.29) is 24.5 Å². The van der Waals surface area contributed by atoms with Gasteiger partial charge in [-0.25, -0.2) is 9.59 Å². The third-order valence-corrected chi connectivity index (χ3v) is 4.59. The molecule has 152 valence electrons. The molecular formula is C22H29NO5. The molecule has 6 nitrogen and oxygen atoms in total. The van der Waals surface area contributed by atoms with Gasteiger partial charge in [0, 0.05) is 18.1 Å². The molecule has 1 aromatic rings. The summed E-state index contributed by atoms with van der Waals surface area (Å²) in [5.41, 5.74) is 0.864. The van der Waals surface area contributed by atoms with E-state index in [2.05, 4.69) is 5.32 Å². The van der Waals surface area contributed by atoms with Crippen LogP contribution in [0.4, 0.5) is 0 Å². The summed E-state index contributed by atoms with van der Waals surface area (Å²) in [6, 6.07) is 8.97. The van der Waals surface area contributed by atoms with Crippen molar-refractivity contribution in [2.75, 3.05) is 6.61 Å². The molecule has 1 atom stereocenters. The van der Waals surface area contributed by atoms with Crippen molar-refractivity contribution in [1.82, 2.24) is 5.32 Å². The molecule has 0 aromatic heterocycles. The van der Waals surface area contributed by atoms with E-state index < -0.39 is 18.0 Å². The summed E-state index contributed by atoms with van der Waals surface area (Å²) in [5.74, 6) is -1.24. The number of nitrogens with one attached hydrogen (secondary N) is 1. The van der Waals surface area contributed by atoms with Crippen molar-refractivity contribution < 1.29 is 23.9 Å². The molecule has 1 aliphatic rings. The van der Waals surface area contributed by atoms with Crippen molar-refractivity contribution in [2.24, 2.45) is 5.92 Å². The topological polar surface area (TPSA) is 81.7 Å². The largest absolute Gasteiger partial charge is 0.460 e. The normalized spacial score (nSPS) is 16.0. The predicted octanol–water partition coefficient (Wildman–Crippen LogP) is 3.48. The van der Waals surface area contributed by atoms with E-state index in [1.54, 1.807) is 13.8 Å². The van der Waals surface area contributed by atoms with Crippen LogP contribution in [0.2, 0.25) is 0 Å². The number of carbonyl (C=O) groups excluding carboxylic acids is 3. The van der Waals surface area contributed by atoms with Crippen molar-refractivity contribution in [3.63, 3.8) is 0 Å². The Morgan fingerprint density at radius 3 is 2.32 bits per heavy atom. The molecule has 1 aromatic carbocycles.